The molecule has 2 nitrogen and oxygen atoms in total. The Morgan fingerprint density at radius 2 is 1.90 bits per heavy atom. The Bertz CT molecular complexity index is 425. The molecule has 0 amide bonds. The quantitative estimate of drug-likeness (QED) is 0.882. The molecule has 1 aromatic rings. The zero-order chi connectivity index (χ0) is 14.5. The Hall–Kier alpha value is -1.16. The van der Waals surface area contributed by atoms with Crippen molar-refractivity contribution in [2.75, 3.05) is 18.0 Å². The van der Waals surface area contributed by atoms with Crippen LogP contribution < -0.4 is 10.2 Å². The molecule has 112 valence electrons. The maximum Gasteiger partial charge on any atom is 0.149 e. The standard InChI is InChI=1S/C16H24F2N2/c1-3-13-7-5-6-8-20(13)16-14(17)9-12(10-15(16)18)11-19-4-2/h9-10,13,19H,3-8,11H2,1-2H3. The van der Waals surface area contributed by atoms with Crippen LogP contribution in [0.5, 0.6) is 0 Å². The van der Waals surface area contributed by atoms with Crippen molar-refractivity contribution in [2.45, 2.75) is 52.1 Å². The lowest BCUT2D eigenvalue weighted by atomic mass is 9.98. The van der Waals surface area contributed by atoms with Gasteiger partial charge in [-0.2, -0.15) is 0 Å². The molecule has 1 fully saturated rings. The van der Waals surface area contributed by atoms with Gasteiger partial charge in [-0.15, -0.1) is 0 Å². The lowest BCUT2D eigenvalue weighted by Gasteiger charge is -2.37. The van der Waals surface area contributed by atoms with Crippen LogP contribution >= 0.6 is 0 Å². The van der Waals surface area contributed by atoms with Crippen LogP contribution in [-0.4, -0.2) is 19.1 Å². The first-order valence-electron chi connectivity index (χ1n) is 7.62. The van der Waals surface area contributed by atoms with Crippen molar-refractivity contribution < 1.29 is 8.78 Å². The number of hydrogen-bond donors (Lipinski definition) is 1. The van der Waals surface area contributed by atoms with Crippen molar-refractivity contribution in [1.82, 2.24) is 5.32 Å². The van der Waals surface area contributed by atoms with Crippen molar-refractivity contribution in [2.24, 2.45) is 0 Å². The number of hydrogen-bond acceptors (Lipinski definition) is 2. The fourth-order valence-electron chi connectivity index (χ4n) is 2.98. The molecule has 0 saturated carbocycles. The van der Waals surface area contributed by atoms with E-state index < -0.39 is 11.6 Å². The molecule has 2 rings (SSSR count). The highest BCUT2D eigenvalue weighted by Gasteiger charge is 2.26. The van der Waals surface area contributed by atoms with E-state index in [4.69, 9.17) is 0 Å². The third-order valence-corrected chi connectivity index (χ3v) is 4.04. The summed E-state index contributed by atoms with van der Waals surface area (Å²) in [7, 11) is 0. The Balaban J connectivity index is 2.26. The van der Waals surface area contributed by atoms with Crippen molar-refractivity contribution in [3.05, 3.63) is 29.3 Å². The molecule has 1 aliphatic rings. The highest BCUT2D eigenvalue weighted by atomic mass is 19.1. The number of anilines is 1. The van der Waals surface area contributed by atoms with Crippen molar-refractivity contribution in [1.29, 1.82) is 0 Å². The molecule has 0 spiro atoms. The Morgan fingerprint density at radius 3 is 2.50 bits per heavy atom. The van der Waals surface area contributed by atoms with Gasteiger partial charge in [0.05, 0.1) is 0 Å². The lowest BCUT2D eigenvalue weighted by Crippen LogP contribution is -2.40. The Kier molecular flexibility index (Phi) is 5.35. The second kappa shape index (κ2) is 7.02. The van der Waals surface area contributed by atoms with Gasteiger partial charge in [-0.25, -0.2) is 8.78 Å². The van der Waals surface area contributed by atoms with Gasteiger partial charge in [-0.05, 0) is 49.9 Å². The van der Waals surface area contributed by atoms with Gasteiger partial charge in [0.25, 0.3) is 0 Å². The minimum absolute atomic E-state index is 0.164. The second-order valence-corrected chi connectivity index (χ2v) is 5.44. The number of piperidine rings is 1. The number of benzene rings is 1. The van der Waals surface area contributed by atoms with E-state index in [1.54, 1.807) is 0 Å². The van der Waals surface area contributed by atoms with Gasteiger partial charge >= 0.3 is 0 Å². The van der Waals surface area contributed by atoms with Gasteiger partial charge in [0.15, 0.2) is 0 Å². The summed E-state index contributed by atoms with van der Waals surface area (Å²) in [5, 5.41) is 3.09. The number of halogens is 2. The highest BCUT2D eigenvalue weighted by molar-refractivity contribution is 5.52. The predicted molar refractivity (Wildman–Crippen MR) is 79.0 cm³/mol. The summed E-state index contributed by atoms with van der Waals surface area (Å²) in [5.74, 6) is -0.864. The van der Waals surface area contributed by atoms with Gasteiger partial charge in [0.1, 0.15) is 17.3 Å². The SMILES string of the molecule is CCNCc1cc(F)c(N2CCCCC2CC)c(F)c1. The predicted octanol–water partition coefficient (Wildman–Crippen LogP) is 3.84. The first-order chi connectivity index (χ1) is 9.67. The maximum atomic E-state index is 14.3. The Morgan fingerprint density at radius 1 is 1.20 bits per heavy atom. The van der Waals surface area contributed by atoms with Gasteiger partial charge in [-0.3, -0.25) is 0 Å². The first-order valence-corrected chi connectivity index (χ1v) is 7.62. The molecule has 1 aliphatic heterocycles. The van der Waals surface area contributed by atoms with Gasteiger partial charge in [0.2, 0.25) is 0 Å². The number of nitrogens with one attached hydrogen (secondary N) is 1. The van der Waals surface area contributed by atoms with Crippen LogP contribution in [0.15, 0.2) is 12.1 Å². The van der Waals surface area contributed by atoms with Gasteiger partial charge < -0.3 is 10.2 Å². The summed E-state index contributed by atoms with van der Waals surface area (Å²) in [5.41, 5.74) is 0.826. The minimum Gasteiger partial charge on any atom is -0.364 e. The van der Waals surface area contributed by atoms with Crippen LogP contribution in [0, 0.1) is 11.6 Å². The summed E-state index contributed by atoms with van der Waals surface area (Å²) >= 11 is 0. The topological polar surface area (TPSA) is 15.3 Å². The zero-order valence-corrected chi connectivity index (χ0v) is 12.4. The van der Waals surface area contributed by atoms with Gasteiger partial charge in [-0.1, -0.05) is 13.8 Å². The van der Waals surface area contributed by atoms with E-state index in [0.29, 0.717) is 12.1 Å². The van der Waals surface area contributed by atoms with Gasteiger partial charge in [0, 0.05) is 19.1 Å². The maximum absolute atomic E-state index is 14.3. The molecule has 1 aromatic carbocycles. The summed E-state index contributed by atoms with van der Waals surface area (Å²) in [6.45, 7) is 6.09. The van der Waals surface area contributed by atoms with Crippen molar-refractivity contribution in [3.63, 3.8) is 0 Å². The summed E-state index contributed by atoms with van der Waals surface area (Å²) in [6.07, 6.45) is 4.11. The smallest absolute Gasteiger partial charge is 0.149 e. The fourth-order valence-corrected chi connectivity index (χ4v) is 2.98. The van der Waals surface area contributed by atoms with Crippen molar-refractivity contribution in [3.8, 4) is 0 Å². The Labute approximate surface area is 120 Å². The number of nitrogens with zero attached hydrogens (tertiary/aromatic N) is 1. The molecule has 1 saturated heterocycles. The first kappa shape index (κ1) is 15.2. The van der Waals surface area contributed by atoms with E-state index in [1.165, 1.54) is 12.1 Å². The molecule has 1 N–H and O–H groups in total. The van der Waals surface area contributed by atoms with Crippen LogP contribution in [-0.2, 0) is 6.54 Å². The van der Waals surface area contributed by atoms with E-state index in [2.05, 4.69) is 12.2 Å². The molecule has 0 bridgehead atoms. The highest BCUT2D eigenvalue weighted by Crippen LogP contribution is 2.31. The minimum atomic E-state index is -0.432. The van der Waals surface area contributed by atoms with Crippen LogP contribution in [0.3, 0.4) is 0 Å². The monoisotopic (exact) mass is 282 g/mol. The average molecular weight is 282 g/mol. The molecule has 1 heterocycles. The molecule has 0 aromatic heterocycles. The van der Waals surface area contributed by atoms with E-state index in [9.17, 15) is 8.78 Å². The third kappa shape index (κ3) is 3.29. The van der Waals surface area contributed by atoms with Crippen molar-refractivity contribution >= 4 is 5.69 Å². The molecule has 1 atom stereocenters. The molecule has 1 unspecified atom stereocenters. The van der Waals surface area contributed by atoms with E-state index in [0.717, 1.165) is 38.8 Å². The summed E-state index contributed by atoms with van der Waals surface area (Å²) < 4.78 is 28.6. The fraction of sp³-hybridized carbons (Fsp3) is 0.625. The largest absolute Gasteiger partial charge is 0.364 e. The normalized spacial score (nSPS) is 19.4. The third-order valence-electron chi connectivity index (χ3n) is 4.04. The van der Waals surface area contributed by atoms with E-state index in [-0.39, 0.29) is 11.7 Å². The molecule has 0 aliphatic carbocycles. The van der Waals surface area contributed by atoms with Crippen LogP contribution in [0.1, 0.15) is 45.1 Å². The second-order valence-electron chi connectivity index (χ2n) is 5.44. The molecular weight excluding hydrogens is 258 g/mol. The summed E-state index contributed by atoms with van der Waals surface area (Å²) in [4.78, 5) is 1.92. The van der Waals surface area contributed by atoms with Crippen LogP contribution in [0.25, 0.3) is 0 Å². The number of rotatable bonds is 5. The molecular formula is C16H24F2N2. The summed E-state index contributed by atoms with van der Waals surface area (Å²) in [6, 6.07) is 3.18. The zero-order valence-electron chi connectivity index (χ0n) is 12.4. The lowest BCUT2D eigenvalue weighted by molar-refractivity contribution is 0.434. The molecule has 20 heavy (non-hydrogen) atoms. The average Bonchev–Trinajstić information content (AvgIpc) is 2.45. The molecule has 4 heteroatoms. The van der Waals surface area contributed by atoms with Crippen LogP contribution in [0.4, 0.5) is 14.5 Å². The van der Waals surface area contributed by atoms with E-state index in [1.807, 2.05) is 11.8 Å². The molecule has 0 radical (unpaired) electrons. The van der Waals surface area contributed by atoms with Crippen LogP contribution in [0.2, 0.25) is 0 Å². The van der Waals surface area contributed by atoms with E-state index >= 15 is 0 Å².